The lowest BCUT2D eigenvalue weighted by Gasteiger charge is -2.10. The Bertz CT molecular complexity index is 782. The normalized spacial score (nSPS) is 14.3. The Morgan fingerprint density at radius 1 is 1.09 bits per heavy atom. The molecule has 3 aromatic rings. The molecule has 0 saturated carbocycles. The van der Waals surface area contributed by atoms with E-state index in [9.17, 15) is 0 Å². The highest BCUT2D eigenvalue weighted by molar-refractivity contribution is 5.61. The van der Waals surface area contributed by atoms with Gasteiger partial charge in [0, 0.05) is 13.0 Å². The first kappa shape index (κ1) is 13.9. The number of nitrogens with zero attached hydrogens (tertiary/aromatic N) is 5. The monoisotopic (exact) mass is 311 g/mol. The Kier molecular flexibility index (Phi) is 3.75. The lowest BCUT2D eigenvalue weighted by atomic mass is 10.2. The van der Waals surface area contributed by atoms with Gasteiger partial charge in [-0.15, -0.1) is 20.4 Å². The maximum atomic E-state index is 5.96. The molecule has 2 aromatic heterocycles. The Morgan fingerprint density at radius 2 is 2.04 bits per heavy atom. The first-order valence-electron chi connectivity index (χ1n) is 7.81. The summed E-state index contributed by atoms with van der Waals surface area (Å²) in [4.78, 5) is 0. The highest BCUT2D eigenvalue weighted by Gasteiger charge is 2.16. The van der Waals surface area contributed by atoms with Gasteiger partial charge in [0.05, 0.1) is 5.56 Å². The quantitative estimate of drug-likeness (QED) is 0.737. The molecule has 1 aliphatic heterocycles. The Labute approximate surface area is 133 Å². The molecule has 0 spiro atoms. The fourth-order valence-corrected chi connectivity index (χ4v) is 2.85. The van der Waals surface area contributed by atoms with Crippen molar-refractivity contribution in [3.8, 4) is 17.2 Å². The fourth-order valence-electron chi connectivity index (χ4n) is 2.85. The maximum absolute atomic E-state index is 5.96. The van der Waals surface area contributed by atoms with Gasteiger partial charge in [0.2, 0.25) is 6.39 Å². The van der Waals surface area contributed by atoms with E-state index in [1.54, 1.807) is 0 Å². The van der Waals surface area contributed by atoms with Crippen LogP contribution in [-0.4, -0.2) is 25.0 Å². The van der Waals surface area contributed by atoms with Gasteiger partial charge in [-0.3, -0.25) is 0 Å². The van der Waals surface area contributed by atoms with E-state index in [2.05, 4.69) is 25.0 Å². The number of benzene rings is 1. The van der Waals surface area contributed by atoms with E-state index >= 15 is 0 Å². The van der Waals surface area contributed by atoms with Crippen LogP contribution < -0.4 is 4.74 Å². The number of hydrogen-bond acceptors (Lipinski definition) is 6. The molecule has 0 amide bonds. The molecule has 0 N–H and O–H groups in total. The molecule has 3 heterocycles. The minimum Gasteiger partial charge on any atom is -0.485 e. The van der Waals surface area contributed by atoms with Crippen molar-refractivity contribution in [1.82, 2.24) is 25.0 Å². The van der Waals surface area contributed by atoms with E-state index in [4.69, 9.17) is 9.15 Å². The fraction of sp³-hybridized carbons (Fsp3) is 0.375. The van der Waals surface area contributed by atoms with Gasteiger partial charge in [-0.1, -0.05) is 18.6 Å². The van der Waals surface area contributed by atoms with Crippen molar-refractivity contribution >= 4 is 0 Å². The summed E-state index contributed by atoms with van der Waals surface area (Å²) in [6.45, 7) is 1.34. The molecule has 0 saturated heterocycles. The predicted molar refractivity (Wildman–Crippen MR) is 81.6 cm³/mol. The van der Waals surface area contributed by atoms with Crippen LogP contribution in [0.2, 0.25) is 0 Å². The molecule has 23 heavy (non-hydrogen) atoms. The standard InChI is InChI=1S/C16H17N5O2/c1-2-8-14-18-19-15(21(14)9-5-1)10-22-13-7-4-3-6-12(13)16-20-17-11-23-16/h3-4,6-7,11H,1-2,5,8-10H2. The number of aryl methyl sites for hydroxylation is 1. The second kappa shape index (κ2) is 6.20. The summed E-state index contributed by atoms with van der Waals surface area (Å²) < 4.78 is 13.4. The highest BCUT2D eigenvalue weighted by atomic mass is 16.5. The lowest BCUT2D eigenvalue weighted by Crippen LogP contribution is -2.09. The summed E-state index contributed by atoms with van der Waals surface area (Å²) in [6, 6.07) is 7.61. The van der Waals surface area contributed by atoms with Gasteiger partial charge in [0.25, 0.3) is 5.89 Å². The summed E-state index contributed by atoms with van der Waals surface area (Å²) in [5.41, 5.74) is 0.778. The van der Waals surface area contributed by atoms with E-state index in [0.717, 1.165) is 36.6 Å². The topological polar surface area (TPSA) is 78.9 Å². The summed E-state index contributed by atoms with van der Waals surface area (Å²) >= 11 is 0. The zero-order valence-electron chi connectivity index (χ0n) is 12.7. The largest absolute Gasteiger partial charge is 0.485 e. The second-order valence-corrected chi connectivity index (χ2v) is 5.52. The van der Waals surface area contributed by atoms with Crippen LogP contribution in [0.1, 0.15) is 30.9 Å². The van der Waals surface area contributed by atoms with Gasteiger partial charge in [-0.05, 0) is 25.0 Å². The van der Waals surface area contributed by atoms with Crippen LogP contribution in [0.3, 0.4) is 0 Å². The molecular weight excluding hydrogens is 294 g/mol. The van der Waals surface area contributed by atoms with Gasteiger partial charge < -0.3 is 13.7 Å². The van der Waals surface area contributed by atoms with Crippen LogP contribution in [0.5, 0.6) is 5.75 Å². The smallest absolute Gasteiger partial charge is 0.251 e. The van der Waals surface area contributed by atoms with E-state index in [1.807, 2.05) is 24.3 Å². The van der Waals surface area contributed by atoms with Crippen molar-refractivity contribution in [2.45, 2.75) is 38.8 Å². The molecule has 0 radical (unpaired) electrons. The van der Waals surface area contributed by atoms with Crippen molar-refractivity contribution in [1.29, 1.82) is 0 Å². The molecular formula is C16H17N5O2. The molecule has 7 nitrogen and oxygen atoms in total. The molecule has 7 heteroatoms. The highest BCUT2D eigenvalue weighted by Crippen LogP contribution is 2.28. The minimum absolute atomic E-state index is 0.373. The van der Waals surface area contributed by atoms with Crippen molar-refractivity contribution in [2.24, 2.45) is 0 Å². The van der Waals surface area contributed by atoms with Gasteiger partial charge in [-0.2, -0.15) is 0 Å². The van der Waals surface area contributed by atoms with Crippen LogP contribution in [0, 0.1) is 0 Å². The van der Waals surface area contributed by atoms with E-state index < -0.39 is 0 Å². The average molecular weight is 311 g/mol. The number of fused-ring (bicyclic) bond motifs is 1. The van der Waals surface area contributed by atoms with E-state index in [1.165, 1.54) is 19.2 Å². The Morgan fingerprint density at radius 3 is 2.96 bits per heavy atom. The molecule has 1 aliphatic rings. The van der Waals surface area contributed by atoms with Crippen LogP contribution in [0.15, 0.2) is 35.1 Å². The van der Waals surface area contributed by atoms with E-state index in [-0.39, 0.29) is 0 Å². The number of hydrogen-bond donors (Lipinski definition) is 0. The molecule has 0 fully saturated rings. The zero-order chi connectivity index (χ0) is 15.5. The summed E-state index contributed by atoms with van der Waals surface area (Å²) in [5, 5.41) is 16.2. The second-order valence-electron chi connectivity index (χ2n) is 5.52. The molecule has 1 aromatic carbocycles. The first-order chi connectivity index (χ1) is 11.4. The molecule has 0 unspecified atom stereocenters. The molecule has 0 atom stereocenters. The van der Waals surface area contributed by atoms with Gasteiger partial charge in [0.15, 0.2) is 5.82 Å². The summed E-state index contributed by atoms with van der Waals surface area (Å²) in [5.74, 6) is 3.07. The van der Waals surface area contributed by atoms with Crippen molar-refractivity contribution in [3.63, 3.8) is 0 Å². The van der Waals surface area contributed by atoms with Crippen molar-refractivity contribution in [2.75, 3.05) is 0 Å². The number of aromatic nitrogens is 5. The molecule has 4 rings (SSSR count). The maximum Gasteiger partial charge on any atom is 0.251 e. The van der Waals surface area contributed by atoms with Crippen LogP contribution in [0.4, 0.5) is 0 Å². The Balaban J connectivity index is 1.55. The zero-order valence-corrected chi connectivity index (χ0v) is 12.7. The van der Waals surface area contributed by atoms with Crippen LogP contribution >= 0.6 is 0 Å². The van der Waals surface area contributed by atoms with Gasteiger partial charge in [-0.25, -0.2) is 0 Å². The van der Waals surface area contributed by atoms with Gasteiger partial charge in [0.1, 0.15) is 18.2 Å². The Hall–Kier alpha value is -2.70. The predicted octanol–water partition coefficient (Wildman–Crippen LogP) is 2.63. The third-order valence-corrected chi connectivity index (χ3v) is 4.02. The average Bonchev–Trinajstić information content (AvgIpc) is 3.19. The number of rotatable bonds is 4. The number of ether oxygens (including phenoxy) is 1. The summed E-state index contributed by atoms with van der Waals surface area (Å²) in [7, 11) is 0. The van der Waals surface area contributed by atoms with Crippen LogP contribution in [-0.2, 0) is 19.6 Å². The number of para-hydroxylation sites is 1. The van der Waals surface area contributed by atoms with Crippen molar-refractivity contribution in [3.05, 3.63) is 42.3 Å². The van der Waals surface area contributed by atoms with Crippen molar-refractivity contribution < 1.29 is 9.15 Å². The van der Waals surface area contributed by atoms with Gasteiger partial charge >= 0.3 is 0 Å². The molecule has 0 aliphatic carbocycles. The van der Waals surface area contributed by atoms with E-state index in [0.29, 0.717) is 18.2 Å². The minimum atomic E-state index is 0.373. The third kappa shape index (κ3) is 2.81. The lowest BCUT2D eigenvalue weighted by molar-refractivity contribution is 0.288. The SMILES string of the molecule is c1ccc(-c2nnco2)c(OCc2nnc3n2CCCCC3)c1. The third-order valence-electron chi connectivity index (χ3n) is 4.02. The molecule has 118 valence electrons. The molecule has 0 bridgehead atoms. The first-order valence-corrected chi connectivity index (χ1v) is 7.81. The summed E-state index contributed by atoms with van der Waals surface area (Å²) in [6.07, 6.45) is 5.88. The van der Waals surface area contributed by atoms with Crippen LogP contribution in [0.25, 0.3) is 11.5 Å².